The Morgan fingerprint density at radius 2 is 1.84 bits per heavy atom. The van der Waals surface area contributed by atoms with Crippen LogP contribution >= 0.6 is 11.3 Å². The Bertz CT molecular complexity index is 1460. The number of nitrogens with one attached hydrogen (secondary N) is 1. The molecule has 0 aliphatic carbocycles. The van der Waals surface area contributed by atoms with Crippen LogP contribution in [0.3, 0.4) is 0 Å². The molecule has 1 N–H and O–H groups in total. The lowest BCUT2D eigenvalue weighted by atomic mass is 10.2. The van der Waals surface area contributed by atoms with Gasteiger partial charge in [-0.05, 0) is 43.3 Å². The van der Waals surface area contributed by atoms with Crippen molar-refractivity contribution in [1.29, 1.82) is 0 Å². The van der Waals surface area contributed by atoms with E-state index in [0.29, 0.717) is 23.1 Å². The fourth-order valence-electron chi connectivity index (χ4n) is 3.29. The second-order valence-corrected chi connectivity index (χ2v) is 8.18. The zero-order valence-corrected chi connectivity index (χ0v) is 17.8. The maximum Gasteiger partial charge on any atom is 0.272 e. The third-order valence-electron chi connectivity index (χ3n) is 4.78. The van der Waals surface area contributed by atoms with Gasteiger partial charge in [-0.15, -0.1) is 15.3 Å². The van der Waals surface area contributed by atoms with E-state index in [0.717, 1.165) is 21.7 Å². The first kappa shape index (κ1) is 19.9. The maximum atomic E-state index is 13.0. The molecule has 3 heterocycles. The number of hydrogen-bond donors (Lipinski definition) is 1. The topological polar surface area (TPSA) is 103 Å². The molecule has 5 rings (SSSR count). The van der Waals surface area contributed by atoms with E-state index in [-0.39, 0.29) is 17.9 Å². The summed E-state index contributed by atoms with van der Waals surface area (Å²) in [6.45, 7) is 2.38. The van der Waals surface area contributed by atoms with E-state index in [1.807, 2.05) is 24.3 Å². The van der Waals surface area contributed by atoms with Crippen molar-refractivity contribution in [3.63, 3.8) is 0 Å². The van der Waals surface area contributed by atoms with Gasteiger partial charge in [-0.2, -0.15) is 0 Å². The molecule has 0 bridgehead atoms. The van der Waals surface area contributed by atoms with Gasteiger partial charge in [0.15, 0.2) is 0 Å². The van der Waals surface area contributed by atoms with Gasteiger partial charge in [0.05, 0.1) is 30.3 Å². The lowest BCUT2D eigenvalue weighted by Gasteiger charge is -2.09. The van der Waals surface area contributed by atoms with Gasteiger partial charge in [0.2, 0.25) is 5.13 Å². The minimum absolute atomic E-state index is 0.154. The molecule has 11 heteroatoms. The third-order valence-corrected chi connectivity index (χ3v) is 5.60. The Morgan fingerprint density at radius 1 is 1.03 bits per heavy atom. The minimum atomic E-state index is -0.298. The summed E-state index contributed by atoms with van der Waals surface area (Å²) < 4.78 is 16.3. The standard InChI is InChI=1S/C21H17FN8OS/c1-13-20(31)30(18-5-3-2-4-17(18)23-13)11-16-10-29(28-25-16)12-19-26-27-21(32-19)24-15-8-6-14(22)7-9-15/h2-10H,11-12H2,1H3,(H,24,27). The van der Waals surface area contributed by atoms with Crippen molar-refractivity contribution in [2.24, 2.45) is 0 Å². The van der Waals surface area contributed by atoms with Gasteiger partial charge in [0.25, 0.3) is 5.56 Å². The van der Waals surface area contributed by atoms with Crippen LogP contribution in [0.2, 0.25) is 0 Å². The molecule has 0 atom stereocenters. The fourth-order valence-corrected chi connectivity index (χ4v) is 4.04. The smallest absolute Gasteiger partial charge is 0.272 e. The summed E-state index contributed by atoms with van der Waals surface area (Å²) in [5.74, 6) is -0.298. The summed E-state index contributed by atoms with van der Waals surface area (Å²) in [7, 11) is 0. The molecule has 0 radical (unpaired) electrons. The molecular weight excluding hydrogens is 431 g/mol. The second-order valence-electron chi connectivity index (χ2n) is 7.12. The highest BCUT2D eigenvalue weighted by molar-refractivity contribution is 7.15. The highest BCUT2D eigenvalue weighted by Gasteiger charge is 2.12. The Hall–Kier alpha value is -3.99. The minimum Gasteiger partial charge on any atom is -0.330 e. The Kier molecular flexibility index (Phi) is 5.15. The van der Waals surface area contributed by atoms with Crippen LogP contribution in [0.5, 0.6) is 0 Å². The normalized spacial score (nSPS) is 11.2. The molecular formula is C21H17FN8OS. The number of hydrogen-bond acceptors (Lipinski definition) is 8. The summed E-state index contributed by atoms with van der Waals surface area (Å²) >= 11 is 1.37. The molecule has 0 spiro atoms. The predicted octanol–water partition coefficient (Wildman–Crippen LogP) is 3.13. The number of benzene rings is 2. The molecule has 3 aromatic heterocycles. The van der Waals surface area contributed by atoms with Crippen LogP contribution in [0, 0.1) is 12.7 Å². The first-order valence-corrected chi connectivity index (χ1v) is 10.6. The molecule has 0 unspecified atom stereocenters. The molecule has 9 nitrogen and oxygen atoms in total. The van der Waals surface area contributed by atoms with Gasteiger partial charge in [-0.25, -0.2) is 14.1 Å². The number of fused-ring (bicyclic) bond motifs is 1. The zero-order valence-electron chi connectivity index (χ0n) is 16.9. The van der Waals surface area contributed by atoms with E-state index in [1.54, 1.807) is 34.5 Å². The summed E-state index contributed by atoms with van der Waals surface area (Å²) in [6.07, 6.45) is 1.78. The van der Waals surface area contributed by atoms with E-state index in [1.165, 1.54) is 23.5 Å². The Morgan fingerprint density at radius 3 is 2.69 bits per heavy atom. The van der Waals surface area contributed by atoms with E-state index >= 15 is 0 Å². The van der Waals surface area contributed by atoms with Crippen molar-refractivity contribution in [3.05, 3.63) is 87.3 Å². The fraction of sp³-hybridized carbons (Fsp3) is 0.143. The van der Waals surface area contributed by atoms with Crippen molar-refractivity contribution in [1.82, 2.24) is 34.7 Å². The lowest BCUT2D eigenvalue weighted by Crippen LogP contribution is -2.24. The summed E-state index contributed by atoms with van der Waals surface area (Å²) in [5.41, 5.74) is 3.16. The van der Waals surface area contributed by atoms with E-state index < -0.39 is 0 Å². The summed E-state index contributed by atoms with van der Waals surface area (Å²) in [5, 5.41) is 21.1. The number of aromatic nitrogens is 7. The van der Waals surface area contributed by atoms with E-state index in [2.05, 4.69) is 30.8 Å². The molecule has 0 saturated heterocycles. The molecule has 32 heavy (non-hydrogen) atoms. The van der Waals surface area contributed by atoms with Crippen molar-refractivity contribution >= 4 is 33.2 Å². The Balaban J connectivity index is 1.32. The van der Waals surface area contributed by atoms with Crippen LogP contribution in [-0.2, 0) is 13.1 Å². The lowest BCUT2D eigenvalue weighted by molar-refractivity contribution is 0.628. The quantitative estimate of drug-likeness (QED) is 0.426. The van der Waals surface area contributed by atoms with Crippen LogP contribution < -0.4 is 10.9 Å². The van der Waals surface area contributed by atoms with Gasteiger partial charge >= 0.3 is 0 Å². The molecule has 160 valence electrons. The van der Waals surface area contributed by atoms with Crippen molar-refractivity contribution in [2.75, 3.05) is 5.32 Å². The maximum absolute atomic E-state index is 13.0. The third kappa shape index (κ3) is 4.10. The summed E-state index contributed by atoms with van der Waals surface area (Å²) in [4.78, 5) is 17.0. The van der Waals surface area contributed by atoms with Crippen molar-refractivity contribution in [3.8, 4) is 0 Å². The average molecular weight is 448 g/mol. The van der Waals surface area contributed by atoms with Gasteiger partial charge in [-0.3, -0.25) is 9.36 Å². The number of para-hydroxylation sites is 2. The molecule has 0 aliphatic rings. The van der Waals surface area contributed by atoms with Crippen LogP contribution in [0.25, 0.3) is 11.0 Å². The van der Waals surface area contributed by atoms with E-state index in [4.69, 9.17) is 0 Å². The van der Waals surface area contributed by atoms with Crippen molar-refractivity contribution < 1.29 is 4.39 Å². The van der Waals surface area contributed by atoms with Gasteiger partial charge < -0.3 is 5.32 Å². The molecule has 5 aromatic rings. The first-order chi connectivity index (χ1) is 15.5. The average Bonchev–Trinajstić information content (AvgIpc) is 3.42. The molecule has 0 aliphatic heterocycles. The monoisotopic (exact) mass is 448 g/mol. The molecule has 0 saturated carbocycles. The summed E-state index contributed by atoms with van der Waals surface area (Å²) in [6, 6.07) is 13.5. The predicted molar refractivity (Wildman–Crippen MR) is 119 cm³/mol. The largest absolute Gasteiger partial charge is 0.330 e. The highest BCUT2D eigenvalue weighted by Crippen LogP contribution is 2.21. The van der Waals surface area contributed by atoms with Crippen LogP contribution in [0.15, 0.2) is 59.5 Å². The Labute approximate surface area is 185 Å². The number of rotatable bonds is 6. The first-order valence-electron chi connectivity index (χ1n) is 9.75. The van der Waals surface area contributed by atoms with Crippen LogP contribution in [-0.4, -0.2) is 34.7 Å². The number of aryl methyl sites for hydroxylation is 1. The van der Waals surface area contributed by atoms with Gasteiger partial charge in [-0.1, -0.05) is 28.7 Å². The number of halogens is 1. The van der Waals surface area contributed by atoms with E-state index in [9.17, 15) is 9.18 Å². The van der Waals surface area contributed by atoms with Crippen molar-refractivity contribution in [2.45, 2.75) is 20.0 Å². The molecule has 2 aromatic carbocycles. The number of nitrogens with zero attached hydrogens (tertiary/aromatic N) is 7. The van der Waals surface area contributed by atoms with Crippen LogP contribution in [0.1, 0.15) is 16.4 Å². The number of anilines is 2. The second kappa shape index (κ2) is 8.27. The van der Waals surface area contributed by atoms with Crippen LogP contribution in [0.4, 0.5) is 15.2 Å². The molecule has 0 fully saturated rings. The molecule has 0 amide bonds. The SMILES string of the molecule is Cc1nc2ccccc2n(Cc2cn(Cc3nnc(Nc4ccc(F)cc4)s3)nn2)c1=O. The zero-order chi connectivity index (χ0) is 22.1. The highest BCUT2D eigenvalue weighted by atomic mass is 32.1. The van der Waals surface area contributed by atoms with Gasteiger partial charge in [0.1, 0.15) is 22.2 Å². The van der Waals surface area contributed by atoms with Gasteiger partial charge in [0, 0.05) is 5.69 Å².